The van der Waals surface area contributed by atoms with Gasteiger partial charge in [0.1, 0.15) is 21.8 Å². The highest BCUT2D eigenvalue weighted by Gasteiger charge is 2.50. The van der Waals surface area contributed by atoms with E-state index in [4.69, 9.17) is 45.0 Å². The van der Waals surface area contributed by atoms with Gasteiger partial charge in [0.15, 0.2) is 11.4 Å². The maximum atomic E-state index is 13.1. The van der Waals surface area contributed by atoms with Crippen LogP contribution in [0.15, 0.2) is 153 Å². The van der Waals surface area contributed by atoms with Gasteiger partial charge >= 0.3 is 28.0 Å². The minimum absolute atomic E-state index is 0.0205. The Morgan fingerprint density at radius 3 is 1.29 bits per heavy atom. The fourth-order valence-electron chi connectivity index (χ4n) is 5.47. The summed E-state index contributed by atoms with van der Waals surface area (Å²) < 4.78 is 209. The quantitative estimate of drug-likeness (QED) is 0.0444. The van der Waals surface area contributed by atoms with Gasteiger partial charge in [-0.05, 0) is 84.8 Å². The van der Waals surface area contributed by atoms with Crippen molar-refractivity contribution in [2.75, 3.05) is 0 Å². The number of aromatic nitrogens is 4. The third kappa shape index (κ3) is 24.1. The Labute approximate surface area is 504 Å². The number of primary sulfonamides is 3. The Kier molecular flexibility index (Phi) is 24.7. The maximum Gasteiger partial charge on any atom is 0.534 e. The molecule has 0 spiro atoms. The Hall–Kier alpha value is -6.46. The number of benzene rings is 5. The molecular weight excluding hydrogens is 1360 g/mol. The second-order valence-corrected chi connectivity index (χ2v) is 36.3. The second kappa shape index (κ2) is 28.8. The molecule has 5 aromatic carbocycles. The van der Waals surface area contributed by atoms with E-state index in [0.717, 1.165) is 16.8 Å². The highest BCUT2D eigenvalue weighted by molar-refractivity contribution is 9.10. The van der Waals surface area contributed by atoms with E-state index in [-0.39, 0.29) is 58.1 Å². The zero-order chi connectivity index (χ0) is 65.0. The summed E-state index contributed by atoms with van der Waals surface area (Å²) in [5.74, 6) is 6.89. The van der Waals surface area contributed by atoms with Crippen molar-refractivity contribution >= 4 is 95.5 Å². The summed E-state index contributed by atoms with van der Waals surface area (Å²) in [7, 11) is -19.9. The number of alkyl halides is 9. The molecule has 0 saturated carbocycles. The predicted molar refractivity (Wildman–Crippen MR) is 312 cm³/mol. The molecule has 0 bridgehead atoms. The number of para-hydroxylation sites is 2. The molecule has 7 aromatic rings. The first-order chi connectivity index (χ1) is 38.6. The van der Waals surface area contributed by atoms with Gasteiger partial charge in [-0.2, -0.15) is 62.8 Å². The lowest BCUT2D eigenvalue weighted by atomic mass is 10.2. The molecule has 6 N–H and O–H groups in total. The fourth-order valence-corrected chi connectivity index (χ4v) is 9.09. The van der Waals surface area contributed by atoms with Crippen molar-refractivity contribution in [1.82, 2.24) is 19.6 Å². The van der Waals surface area contributed by atoms with Gasteiger partial charge in [0.25, 0.3) is 0 Å². The van der Waals surface area contributed by atoms with Gasteiger partial charge in [0.2, 0.25) is 35.9 Å². The molecule has 0 atom stereocenters. The van der Waals surface area contributed by atoms with Crippen LogP contribution in [0, 0.1) is 35.3 Å². The topological polar surface area (TPSA) is 259 Å². The Balaban J connectivity index is 0.000000300. The molecule has 0 unspecified atom stereocenters. The lowest BCUT2D eigenvalue weighted by Crippen LogP contribution is -2.28. The van der Waals surface area contributed by atoms with Crippen molar-refractivity contribution in [3.05, 3.63) is 176 Å². The van der Waals surface area contributed by atoms with Gasteiger partial charge in [-0.3, -0.25) is 0 Å². The molecule has 85 heavy (non-hydrogen) atoms. The van der Waals surface area contributed by atoms with Crippen LogP contribution in [0.2, 0.25) is 49.3 Å². The van der Waals surface area contributed by atoms with Crippen LogP contribution in [0.25, 0.3) is 11.4 Å². The summed E-state index contributed by atoms with van der Waals surface area (Å²) in [6.07, 6.45) is -4.60. The fraction of sp³-hybridized carbons (Fsp3) is 0.176. The molecule has 34 heteroatoms. The van der Waals surface area contributed by atoms with Crippen molar-refractivity contribution in [2.45, 2.75) is 71.8 Å². The number of rotatable bonds is 7. The molecule has 2 aromatic heterocycles. The van der Waals surface area contributed by atoms with E-state index in [1.54, 1.807) is 36.4 Å². The predicted octanol–water partition coefficient (Wildman–Crippen LogP) is 11.5. The number of hydrogen-bond acceptors (Lipinski definition) is 11. The van der Waals surface area contributed by atoms with E-state index >= 15 is 0 Å². The van der Waals surface area contributed by atoms with E-state index < -0.39 is 91.5 Å². The van der Waals surface area contributed by atoms with Gasteiger partial charge < -0.3 is 4.18 Å². The lowest BCUT2D eigenvalue weighted by Gasteiger charge is -2.11. The largest absolute Gasteiger partial charge is 0.534 e. The molecule has 2 heterocycles. The highest BCUT2D eigenvalue weighted by atomic mass is 79.9. The third-order valence-corrected chi connectivity index (χ3v) is 16.0. The third-order valence-electron chi connectivity index (χ3n) is 9.41. The molecule has 7 rings (SSSR count). The number of hydrogen-bond donors (Lipinski definition) is 3. The van der Waals surface area contributed by atoms with Crippen LogP contribution >= 0.6 is 39.1 Å². The Morgan fingerprint density at radius 2 is 0.918 bits per heavy atom. The molecule has 0 radical (unpaired) electrons. The van der Waals surface area contributed by atoms with Crippen LogP contribution < -0.4 is 19.6 Å². The van der Waals surface area contributed by atoms with E-state index in [0.29, 0.717) is 10.0 Å². The van der Waals surface area contributed by atoms with Crippen LogP contribution in [0.3, 0.4) is 0 Å². The number of nitrogens with zero attached hydrogens (tertiary/aromatic N) is 4. The van der Waals surface area contributed by atoms with Crippen LogP contribution in [0.1, 0.15) is 28.2 Å². The second-order valence-electron chi connectivity index (χ2n) is 18.8. The first-order valence-corrected chi connectivity index (χ1v) is 37.6. The molecular formula is C51H47BrCl2F9N7O9S4Si2. The standard InChI is InChI=1S/C18H11ClF3N3O2S.C11H5ClF6N2O3S.C11H15NO2SSi.C6H6BrNO2S.C5H10Si/c19-15-6-1-2-7-16(15)25-13(11-17(24-25)18(20,21)22)9-8-12-4-3-5-14(10-12)28(23,26)27;12-6-3-1-2-4-7(6)20-9(5-8(19-20)10(13,14)15)23-24(21,22)11(16,17)18;1-16(2,3)8-7-10-5-4-6-11(9-10)15(12,13)14;7-5-2-1-3-6(4-5)11(8,9)10;1-5-6(2,3)4/h1-7,10-11H,(H2,23,26,27);1-5H;4-6,9H,1-3H3,(H2,12,13,14);1-4H,(H2,8,9,10);1H,2-4H3. The molecule has 456 valence electrons. The van der Waals surface area contributed by atoms with Gasteiger partial charge in [-0.25, -0.2) is 45.4 Å². The number of nitrogens with two attached hydrogens (primary N) is 3. The zero-order valence-corrected chi connectivity index (χ0v) is 53.0. The maximum absolute atomic E-state index is 13.1. The molecule has 0 amide bonds. The molecule has 0 aliphatic rings. The number of terminal acetylenes is 1. The van der Waals surface area contributed by atoms with Crippen LogP contribution in [0.5, 0.6) is 5.88 Å². The molecule has 0 aliphatic carbocycles. The van der Waals surface area contributed by atoms with Crippen molar-refractivity contribution in [3.63, 3.8) is 0 Å². The van der Waals surface area contributed by atoms with E-state index in [2.05, 4.69) is 98.4 Å². The van der Waals surface area contributed by atoms with E-state index in [1.165, 1.54) is 78.9 Å². The average molecular weight is 1410 g/mol. The van der Waals surface area contributed by atoms with Crippen molar-refractivity contribution in [1.29, 1.82) is 0 Å². The summed E-state index contributed by atoms with van der Waals surface area (Å²) in [6.45, 7) is 12.8. The number of halogens is 12. The summed E-state index contributed by atoms with van der Waals surface area (Å²) in [5, 5.41) is 21.6. The van der Waals surface area contributed by atoms with Crippen molar-refractivity contribution in [3.8, 4) is 52.5 Å². The van der Waals surface area contributed by atoms with Crippen molar-refractivity contribution < 1.29 is 77.4 Å². The summed E-state index contributed by atoms with van der Waals surface area (Å²) in [4.78, 5) is 0.0663. The Morgan fingerprint density at radius 1 is 0.529 bits per heavy atom. The first-order valence-electron chi connectivity index (χ1n) is 23.0. The van der Waals surface area contributed by atoms with Crippen molar-refractivity contribution in [2.24, 2.45) is 15.4 Å². The van der Waals surface area contributed by atoms with Crippen LogP contribution in [-0.2, 0) is 52.5 Å². The SMILES string of the molecule is C#C[Si](C)(C)C.C[Si](C)(C)C#Cc1cccc(S(N)(=O)=O)c1.NS(=O)(=O)c1cccc(Br)c1.NS(=O)(=O)c1cccc(C#Cc2cc(C(F)(F)F)nn2-c2ccccc2Cl)c1.O=S(=O)(Oc1cc(C(F)(F)F)nn1-c1ccccc1Cl)C(F)(F)F. The molecule has 0 aliphatic heterocycles. The molecule has 0 saturated heterocycles. The number of sulfonamides is 3. The minimum Gasteiger partial charge on any atom is -0.355 e. The van der Waals surface area contributed by atoms with Crippen LogP contribution in [-0.4, -0.2) is 74.9 Å². The normalized spacial score (nSPS) is 12.0. The van der Waals surface area contributed by atoms with Gasteiger partial charge in [-0.1, -0.05) is 133 Å². The first kappa shape index (κ1) is 72.8. The lowest BCUT2D eigenvalue weighted by molar-refractivity contribution is -0.142. The van der Waals surface area contributed by atoms with Gasteiger partial charge in [-0.15, -0.1) is 17.5 Å². The zero-order valence-electron chi connectivity index (χ0n) is 44.6. The van der Waals surface area contributed by atoms with Gasteiger partial charge in [0, 0.05) is 27.7 Å². The highest BCUT2D eigenvalue weighted by Crippen LogP contribution is 2.36. The van der Waals surface area contributed by atoms with Crippen LogP contribution in [0.4, 0.5) is 39.5 Å². The monoisotopic (exact) mass is 1410 g/mol. The Bertz CT molecular complexity index is 4190. The molecule has 16 nitrogen and oxygen atoms in total. The summed E-state index contributed by atoms with van der Waals surface area (Å²) in [5.41, 5.74) is -1.91. The summed E-state index contributed by atoms with van der Waals surface area (Å²) in [6, 6.07) is 30.2. The van der Waals surface area contributed by atoms with E-state index in [1.807, 2.05) is 0 Å². The van der Waals surface area contributed by atoms with E-state index in [9.17, 15) is 73.2 Å². The smallest absolute Gasteiger partial charge is 0.355 e. The minimum atomic E-state index is -6.20. The summed E-state index contributed by atoms with van der Waals surface area (Å²) >= 11 is 15.0. The van der Waals surface area contributed by atoms with Gasteiger partial charge in [0.05, 0.1) is 36.1 Å². The average Bonchev–Trinajstić information content (AvgIpc) is 2.09. The molecule has 0 fully saturated rings.